The number of hydrogen-bond acceptors (Lipinski definition) is 2. The van der Waals surface area contributed by atoms with Gasteiger partial charge in [-0.05, 0) is 30.4 Å². The third-order valence-corrected chi connectivity index (χ3v) is 3.81. The van der Waals surface area contributed by atoms with Crippen molar-refractivity contribution in [3.63, 3.8) is 0 Å². The van der Waals surface area contributed by atoms with Crippen molar-refractivity contribution in [3.05, 3.63) is 29.6 Å². The number of para-hydroxylation sites is 1. The topological polar surface area (TPSA) is 29.3 Å². The summed E-state index contributed by atoms with van der Waals surface area (Å²) < 4.78 is 14.0. The van der Waals surface area contributed by atoms with Crippen molar-refractivity contribution in [2.24, 2.45) is 17.6 Å². The lowest BCUT2D eigenvalue weighted by Gasteiger charge is -2.24. The van der Waals surface area contributed by atoms with Gasteiger partial charge < -0.3 is 10.6 Å². The zero-order chi connectivity index (χ0) is 12.6. The number of anilines is 1. The Hall–Kier alpha value is -1.09. The molecule has 1 aliphatic heterocycles. The van der Waals surface area contributed by atoms with Crippen LogP contribution in [-0.2, 0) is 0 Å². The molecule has 1 fully saturated rings. The fourth-order valence-corrected chi connectivity index (χ4v) is 2.55. The minimum atomic E-state index is -0.152. The van der Waals surface area contributed by atoms with Gasteiger partial charge in [0.05, 0.1) is 5.69 Å². The lowest BCUT2D eigenvalue weighted by molar-refractivity contribution is 0.494. The molecule has 1 aliphatic rings. The van der Waals surface area contributed by atoms with Crippen LogP contribution in [0.1, 0.15) is 32.4 Å². The lowest BCUT2D eigenvalue weighted by Crippen LogP contribution is -2.24. The summed E-state index contributed by atoms with van der Waals surface area (Å²) >= 11 is 0. The van der Waals surface area contributed by atoms with Gasteiger partial charge in [0.2, 0.25) is 0 Å². The highest BCUT2D eigenvalue weighted by Gasteiger charge is 2.29. The minimum Gasteiger partial charge on any atom is -0.368 e. The molecule has 17 heavy (non-hydrogen) atoms. The fraction of sp³-hybridized carbons (Fsp3) is 0.571. The van der Waals surface area contributed by atoms with E-state index in [1.54, 1.807) is 6.07 Å². The third-order valence-electron chi connectivity index (χ3n) is 3.81. The van der Waals surface area contributed by atoms with E-state index >= 15 is 0 Å². The average molecular weight is 236 g/mol. The quantitative estimate of drug-likeness (QED) is 0.855. The van der Waals surface area contributed by atoms with E-state index in [0.717, 1.165) is 18.7 Å². The molecule has 0 spiro atoms. The van der Waals surface area contributed by atoms with E-state index in [-0.39, 0.29) is 11.9 Å². The third kappa shape index (κ3) is 2.29. The van der Waals surface area contributed by atoms with Crippen molar-refractivity contribution >= 4 is 5.69 Å². The Morgan fingerprint density at radius 2 is 1.88 bits per heavy atom. The van der Waals surface area contributed by atoms with E-state index in [1.165, 1.54) is 6.07 Å². The number of benzene rings is 1. The van der Waals surface area contributed by atoms with Crippen molar-refractivity contribution in [3.8, 4) is 0 Å². The Morgan fingerprint density at radius 1 is 1.29 bits per heavy atom. The highest BCUT2D eigenvalue weighted by Crippen LogP contribution is 2.34. The molecule has 2 nitrogen and oxygen atoms in total. The van der Waals surface area contributed by atoms with Crippen molar-refractivity contribution in [2.75, 3.05) is 18.0 Å². The summed E-state index contributed by atoms with van der Waals surface area (Å²) in [4.78, 5) is 2.14. The van der Waals surface area contributed by atoms with Crippen molar-refractivity contribution in [2.45, 2.75) is 26.8 Å². The Labute approximate surface area is 103 Å². The number of halogens is 1. The van der Waals surface area contributed by atoms with Crippen LogP contribution >= 0.6 is 0 Å². The van der Waals surface area contributed by atoms with Gasteiger partial charge >= 0.3 is 0 Å². The van der Waals surface area contributed by atoms with Gasteiger partial charge in [0.15, 0.2) is 0 Å². The van der Waals surface area contributed by atoms with E-state index in [1.807, 2.05) is 13.0 Å². The second-order valence-electron chi connectivity index (χ2n) is 5.33. The molecule has 0 aliphatic carbocycles. The molecule has 2 N–H and O–H groups in total. The first-order valence-electron chi connectivity index (χ1n) is 6.29. The van der Waals surface area contributed by atoms with Gasteiger partial charge in [0, 0.05) is 19.1 Å². The maximum absolute atomic E-state index is 14.0. The standard InChI is InChI=1S/C14H21FN2/c1-9-7-17(8-10(9)2)14-12(11(3)16)5-4-6-13(14)15/h4-6,9-11H,7-8,16H2,1-3H3/t9?,10?,11-/m0/s1. The molecule has 2 rings (SSSR count). The number of nitrogens with zero attached hydrogens (tertiary/aromatic N) is 1. The van der Waals surface area contributed by atoms with Gasteiger partial charge in [-0.2, -0.15) is 0 Å². The molecule has 1 aromatic rings. The maximum atomic E-state index is 14.0. The summed E-state index contributed by atoms with van der Waals surface area (Å²) in [6, 6.07) is 5.05. The van der Waals surface area contributed by atoms with Crippen LogP contribution in [0.25, 0.3) is 0 Å². The van der Waals surface area contributed by atoms with Crippen LogP contribution in [-0.4, -0.2) is 13.1 Å². The minimum absolute atomic E-state index is 0.132. The lowest BCUT2D eigenvalue weighted by atomic mass is 10.0. The van der Waals surface area contributed by atoms with Crippen LogP contribution < -0.4 is 10.6 Å². The first-order chi connectivity index (χ1) is 8.00. The van der Waals surface area contributed by atoms with Gasteiger partial charge in [0.1, 0.15) is 5.82 Å². The summed E-state index contributed by atoms with van der Waals surface area (Å²) in [6.07, 6.45) is 0. The van der Waals surface area contributed by atoms with E-state index in [4.69, 9.17) is 5.73 Å². The zero-order valence-corrected chi connectivity index (χ0v) is 10.8. The number of hydrogen-bond donors (Lipinski definition) is 1. The first-order valence-corrected chi connectivity index (χ1v) is 6.29. The van der Waals surface area contributed by atoms with Gasteiger partial charge in [0.25, 0.3) is 0 Å². The summed E-state index contributed by atoms with van der Waals surface area (Å²) in [7, 11) is 0. The molecule has 2 unspecified atom stereocenters. The normalized spacial score (nSPS) is 26.3. The molecular formula is C14H21FN2. The van der Waals surface area contributed by atoms with Crippen LogP contribution in [0.4, 0.5) is 10.1 Å². The molecular weight excluding hydrogens is 215 g/mol. The van der Waals surface area contributed by atoms with Gasteiger partial charge in [-0.25, -0.2) is 4.39 Å². The monoisotopic (exact) mass is 236 g/mol. The highest BCUT2D eigenvalue weighted by molar-refractivity contribution is 5.57. The second kappa shape index (κ2) is 4.65. The summed E-state index contributed by atoms with van der Waals surface area (Å²) in [5, 5.41) is 0. The predicted octanol–water partition coefficient (Wildman–Crippen LogP) is 2.94. The Kier molecular flexibility index (Phi) is 3.38. The molecule has 0 amide bonds. The molecule has 0 saturated carbocycles. The van der Waals surface area contributed by atoms with E-state index < -0.39 is 0 Å². The molecule has 1 heterocycles. The summed E-state index contributed by atoms with van der Waals surface area (Å²) in [5.41, 5.74) is 7.54. The van der Waals surface area contributed by atoms with E-state index in [9.17, 15) is 4.39 Å². The van der Waals surface area contributed by atoms with Crippen molar-refractivity contribution in [1.82, 2.24) is 0 Å². The van der Waals surface area contributed by atoms with Crippen LogP contribution in [0.15, 0.2) is 18.2 Å². The Morgan fingerprint density at radius 3 is 2.41 bits per heavy atom. The summed E-state index contributed by atoms with van der Waals surface area (Å²) in [6.45, 7) is 8.18. The van der Waals surface area contributed by atoms with Crippen molar-refractivity contribution < 1.29 is 4.39 Å². The van der Waals surface area contributed by atoms with Gasteiger partial charge in [-0.3, -0.25) is 0 Å². The molecule has 0 radical (unpaired) electrons. The summed E-state index contributed by atoms with van der Waals surface area (Å²) in [5.74, 6) is 1.06. The SMILES string of the molecule is CC1CN(c2c(F)cccc2[C@H](C)N)CC1C. The second-order valence-corrected chi connectivity index (χ2v) is 5.33. The molecule has 1 aromatic carbocycles. The maximum Gasteiger partial charge on any atom is 0.146 e. The molecule has 0 aromatic heterocycles. The largest absolute Gasteiger partial charge is 0.368 e. The van der Waals surface area contributed by atoms with Crippen molar-refractivity contribution in [1.29, 1.82) is 0 Å². The Balaban J connectivity index is 2.38. The van der Waals surface area contributed by atoms with Gasteiger partial charge in [-0.1, -0.05) is 26.0 Å². The van der Waals surface area contributed by atoms with Gasteiger partial charge in [-0.15, -0.1) is 0 Å². The number of rotatable bonds is 2. The number of nitrogens with two attached hydrogens (primary N) is 1. The molecule has 1 saturated heterocycles. The van der Waals surface area contributed by atoms with Crippen LogP contribution in [0.3, 0.4) is 0 Å². The molecule has 3 atom stereocenters. The van der Waals surface area contributed by atoms with E-state index in [0.29, 0.717) is 17.5 Å². The first kappa shape index (κ1) is 12.4. The van der Waals surface area contributed by atoms with Crippen LogP contribution in [0.2, 0.25) is 0 Å². The van der Waals surface area contributed by atoms with E-state index in [2.05, 4.69) is 18.7 Å². The zero-order valence-electron chi connectivity index (χ0n) is 10.8. The molecule has 3 heteroatoms. The average Bonchev–Trinajstić information content (AvgIpc) is 2.58. The molecule has 0 bridgehead atoms. The fourth-order valence-electron chi connectivity index (χ4n) is 2.55. The highest BCUT2D eigenvalue weighted by atomic mass is 19.1. The smallest absolute Gasteiger partial charge is 0.146 e. The van der Waals surface area contributed by atoms with Crippen LogP contribution in [0.5, 0.6) is 0 Å². The molecule has 94 valence electrons. The Bertz CT molecular complexity index is 393. The van der Waals surface area contributed by atoms with Crippen LogP contribution in [0, 0.1) is 17.7 Å². The predicted molar refractivity (Wildman–Crippen MR) is 69.5 cm³/mol.